The molecule has 1 heterocycles. The van der Waals surface area contributed by atoms with Gasteiger partial charge in [-0.3, -0.25) is 9.59 Å². The van der Waals surface area contributed by atoms with Crippen LogP contribution in [0.1, 0.15) is 41.6 Å². The second-order valence-electron chi connectivity index (χ2n) is 4.11. The molecule has 0 radical (unpaired) electrons. The summed E-state index contributed by atoms with van der Waals surface area (Å²) >= 11 is 1.26. The third-order valence-electron chi connectivity index (χ3n) is 2.82. The van der Waals surface area contributed by atoms with Crippen LogP contribution in [0.5, 0.6) is 0 Å². The van der Waals surface area contributed by atoms with Crippen molar-refractivity contribution in [3.05, 3.63) is 10.6 Å². The summed E-state index contributed by atoms with van der Waals surface area (Å²) in [4.78, 5) is 27.7. The minimum absolute atomic E-state index is 0.000793. The van der Waals surface area contributed by atoms with E-state index in [-0.39, 0.29) is 17.6 Å². The van der Waals surface area contributed by atoms with Crippen molar-refractivity contribution < 1.29 is 9.59 Å². The molecule has 1 aliphatic carbocycles. The molecule has 0 aromatic carbocycles. The Kier molecular flexibility index (Phi) is 3.05. The normalized spacial score (nSPS) is 15.6. The number of aryl methyl sites for hydroxylation is 1. The lowest BCUT2D eigenvalue weighted by molar-refractivity contribution is -0.122. The highest BCUT2D eigenvalue weighted by atomic mass is 32.1. The number of anilines is 1. The van der Waals surface area contributed by atoms with Crippen molar-refractivity contribution >= 4 is 28.2 Å². The first-order chi connectivity index (χ1) is 7.58. The average molecular weight is 238 g/mol. The molecule has 1 aromatic rings. The largest absolute Gasteiger partial charge is 0.302 e. The van der Waals surface area contributed by atoms with Gasteiger partial charge in [0, 0.05) is 12.8 Å². The van der Waals surface area contributed by atoms with Crippen LogP contribution in [-0.2, 0) is 4.79 Å². The molecule has 0 unspecified atom stereocenters. The second kappa shape index (κ2) is 4.33. The molecule has 86 valence electrons. The molecule has 1 N–H and O–H groups in total. The Bertz CT molecular complexity index is 435. The third-order valence-corrected chi connectivity index (χ3v) is 4.00. The lowest BCUT2D eigenvalue weighted by Crippen LogP contribution is -2.27. The molecule has 4 nitrogen and oxygen atoms in total. The van der Waals surface area contributed by atoms with E-state index in [9.17, 15) is 9.59 Å². The smallest absolute Gasteiger partial charge is 0.229 e. The minimum Gasteiger partial charge on any atom is -0.302 e. The van der Waals surface area contributed by atoms with Crippen molar-refractivity contribution in [1.29, 1.82) is 0 Å². The third kappa shape index (κ3) is 2.14. The molecule has 0 atom stereocenters. The maximum absolute atomic E-state index is 11.7. The highest BCUT2D eigenvalue weighted by Gasteiger charge is 2.26. The molecule has 1 saturated carbocycles. The Morgan fingerprint density at radius 1 is 1.44 bits per heavy atom. The fourth-order valence-electron chi connectivity index (χ4n) is 1.65. The number of carbonyl (C=O) groups is 2. The number of hydrogen-bond donors (Lipinski definition) is 1. The van der Waals surface area contributed by atoms with E-state index in [1.165, 1.54) is 18.3 Å². The first-order valence-corrected chi connectivity index (χ1v) is 6.19. The molecule has 1 amide bonds. The van der Waals surface area contributed by atoms with Crippen LogP contribution < -0.4 is 5.32 Å². The highest BCUT2D eigenvalue weighted by molar-refractivity contribution is 7.17. The number of thiazole rings is 1. The summed E-state index contributed by atoms with van der Waals surface area (Å²) in [6.45, 7) is 3.30. The zero-order chi connectivity index (χ0) is 11.7. The van der Waals surface area contributed by atoms with Gasteiger partial charge in [0.1, 0.15) is 0 Å². The molecular weight excluding hydrogens is 224 g/mol. The van der Waals surface area contributed by atoms with E-state index in [0.29, 0.717) is 15.7 Å². The van der Waals surface area contributed by atoms with Crippen LogP contribution >= 0.6 is 11.3 Å². The summed E-state index contributed by atoms with van der Waals surface area (Å²) in [6.07, 6.45) is 3.07. The maximum Gasteiger partial charge on any atom is 0.229 e. The molecule has 16 heavy (non-hydrogen) atoms. The van der Waals surface area contributed by atoms with Gasteiger partial charge in [0.05, 0.1) is 10.6 Å². The maximum atomic E-state index is 11.7. The molecule has 1 aromatic heterocycles. The predicted molar refractivity (Wildman–Crippen MR) is 62.8 cm³/mol. The van der Waals surface area contributed by atoms with E-state index < -0.39 is 0 Å². The molecule has 0 saturated heterocycles. The Morgan fingerprint density at radius 3 is 2.56 bits per heavy atom. The quantitative estimate of drug-likeness (QED) is 0.822. The zero-order valence-corrected chi connectivity index (χ0v) is 10.2. The Hall–Kier alpha value is -1.23. The lowest BCUT2D eigenvalue weighted by atomic mass is 9.85. The van der Waals surface area contributed by atoms with Crippen molar-refractivity contribution in [2.75, 3.05) is 5.32 Å². The van der Waals surface area contributed by atoms with Gasteiger partial charge < -0.3 is 5.32 Å². The number of Topliss-reactive ketones (excluding diaryl/α,β-unsaturated/α-hetero) is 1. The lowest BCUT2D eigenvalue weighted by Gasteiger charge is -2.23. The average Bonchev–Trinajstić information content (AvgIpc) is 2.43. The number of hydrogen-bond acceptors (Lipinski definition) is 4. The van der Waals surface area contributed by atoms with E-state index in [1.807, 2.05) is 0 Å². The molecule has 2 rings (SSSR count). The zero-order valence-electron chi connectivity index (χ0n) is 9.37. The second-order valence-corrected chi connectivity index (χ2v) is 5.11. The molecular formula is C11H14N2O2S. The molecule has 0 bridgehead atoms. The monoisotopic (exact) mass is 238 g/mol. The van der Waals surface area contributed by atoms with Gasteiger partial charge in [-0.1, -0.05) is 17.8 Å². The first kappa shape index (κ1) is 11.3. The van der Waals surface area contributed by atoms with Crippen LogP contribution in [0.4, 0.5) is 5.13 Å². The molecule has 1 fully saturated rings. The van der Waals surface area contributed by atoms with Crippen LogP contribution in [0.3, 0.4) is 0 Å². The number of amides is 1. The predicted octanol–water partition coefficient (Wildman–Crippen LogP) is 2.39. The Labute approximate surface area is 98.1 Å². The summed E-state index contributed by atoms with van der Waals surface area (Å²) in [7, 11) is 0. The molecule has 1 aliphatic rings. The molecule has 0 aliphatic heterocycles. The van der Waals surface area contributed by atoms with E-state index >= 15 is 0 Å². The summed E-state index contributed by atoms with van der Waals surface area (Å²) in [5.74, 6) is 0.180. The highest BCUT2D eigenvalue weighted by Crippen LogP contribution is 2.29. The Morgan fingerprint density at radius 2 is 2.12 bits per heavy atom. The number of nitrogens with zero attached hydrogens (tertiary/aromatic N) is 1. The number of nitrogens with one attached hydrogen (secondary N) is 1. The van der Waals surface area contributed by atoms with Crippen molar-refractivity contribution in [2.24, 2.45) is 5.92 Å². The number of rotatable bonds is 3. The van der Waals surface area contributed by atoms with Crippen LogP contribution in [0, 0.1) is 12.8 Å². The number of carbonyl (C=O) groups excluding carboxylic acids is 2. The van der Waals surface area contributed by atoms with Crippen LogP contribution in [0.15, 0.2) is 0 Å². The summed E-state index contributed by atoms with van der Waals surface area (Å²) < 4.78 is 0. The van der Waals surface area contributed by atoms with Crippen molar-refractivity contribution in [2.45, 2.75) is 33.1 Å². The summed E-state index contributed by atoms with van der Waals surface area (Å²) in [5.41, 5.74) is 0.696. The topological polar surface area (TPSA) is 59.1 Å². The molecule has 5 heteroatoms. The fourth-order valence-corrected chi connectivity index (χ4v) is 2.52. The van der Waals surface area contributed by atoms with E-state index in [0.717, 1.165) is 19.3 Å². The SMILES string of the molecule is CC(=O)c1sc(NC(=O)C2CCC2)nc1C. The van der Waals surface area contributed by atoms with Gasteiger partial charge in [0.15, 0.2) is 10.9 Å². The standard InChI is InChI=1S/C11H14N2O2S/c1-6-9(7(2)14)16-11(12-6)13-10(15)8-4-3-5-8/h8H,3-5H2,1-2H3,(H,12,13,15). The van der Waals surface area contributed by atoms with E-state index in [4.69, 9.17) is 0 Å². The van der Waals surface area contributed by atoms with Gasteiger partial charge in [-0.15, -0.1) is 0 Å². The van der Waals surface area contributed by atoms with Crippen LogP contribution in [-0.4, -0.2) is 16.7 Å². The van der Waals surface area contributed by atoms with Gasteiger partial charge in [-0.2, -0.15) is 0 Å². The van der Waals surface area contributed by atoms with Crippen molar-refractivity contribution in [1.82, 2.24) is 4.98 Å². The van der Waals surface area contributed by atoms with Gasteiger partial charge in [0.2, 0.25) is 5.91 Å². The van der Waals surface area contributed by atoms with Crippen molar-refractivity contribution in [3.63, 3.8) is 0 Å². The van der Waals surface area contributed by atoms with Crippen LogP contribution in [0.25, 0.3) is 0 Å². The summed E-state index contributed by atoms with van der Waals surface area (Å²) in [5, 5.41) is 3.32. The summed E-state index contributed by atoms with van der Waals surface area (Å²) in [6, 6.07) is 0. The van der Waals surface area contributed by atoms with Gasteiger partial charge in [0.25, 0.3) is 0 Å². The number of aromatic nitrogens is 1. The van der Waals surface area contributed by atoms with E-state index in [1.54, 1.807) is 6.92 Å². The molecule has 0 spiro atoms. The van der Waals surface area contributed by atoms with Crippen LogP contribution in [0.2, 0.25) is 0 Å². The van der Waals surface area contributed by atoms with E-state index in [2.05, 4.69) is 10.3 Å². The van der Waals surface area contributed by atoms with Gasteiger partial charge in [-0.25, -0.2) is 4.98 Å². The fraction of sp³-hybridized carbons (Fsp3) is 0.545. The van der Waals surface area contributed by atoms with Crippen molar-refractivity contribution in [3.8, 4) is 0 Å². The van der Waals surface area contributed by atoms with Gasteiger partial charge >= 0.3 is 0 Å². The first-order valence-electron chi connectivity index (χ1n) is 5.37. The Balaban J connectivity index is 2.06. The number of ketones is 1. The van der Waals surface area contributed by atoms with Gasteiger partial charge in [-0.05, 0) is 19.8 Å². The minimum atomic E-state index is -0.000793.